The zero-order valence-electron chi connectivity index (χ0n) is 16.6. The van der Waals surface area contributed by atoms with E-state index in [1.807, 2.05) is 13.0 Å². The molecule has 0 radical (unpaired) electrons. The van der Waals surface area contributed by atoms with E-state index in [9.17, 15) is 18.4 Å². The molecule has 2 heterocycles. The molecule has 2 aliphatic rings. The molecule has 1 aromatic heterocycles. The highest BCUT2D eigenvalue weighted by Gasteiger charge is 2.40. The van der Waals surface area contributed by atoms with Crippen molar-refractivity contribution in [3.8, 4) is 16.9 Å². The number of amides is 3. The summed E-state index contributed by atoms with van der Waals surface area (Å²) in [6.07, 6.45) is 3.69. The summed E-state index contributed by atoms with van der Waals surface area (Å²) in [5.41, 5.74) is 2.13. The number of alkyl halides is 2. The Morgan fingerprint density at radius 3 is 2.63 bits per heavy atom. The number of fused-ring (bicyclic) bond motifs is 1. The summed E-state index contributed by atoms with van der Waals surface area (Å²) in [6, 6.07) is 6.24. The van der Waals surface area contributed by atoms with E-state index in [0.29, 0.717) is 35.0 Å². The smallest absolute Gasteiger partial charge is 0.387 e. The predicted octanol–water partition coefficient (Wildman–Crippen LogP) is 3.86. The summed E-state index contributed by atoms with van der Waals surface area (Å²) < 4.78 is 30.8. The third-order valence-electron chi connectivity index (χ3n) is 5.58. The van der Waals surface area contributed by atoms with E-state index in [1.54, 1.807) is 17.0 Å². The number of benzene rings is 1. The molecule has 9 heteroatoms. The van der Waals surface area contributed by atoms with E-state index in [4.69, 9.17) is 4.74 Å². The summed E-state index contributed by atoms with van der Waals surface area (Å²) in [6.45, 7) is -0.675. The Hall–Kier alpha value is -3.23. The van der Waals surface area contributed by atoms with Crippen LogP contribution in [0.15, 0.2) is 30.5 Å². The van der Waals surface area contributed by atoms with Crippen molar-refractivity contribution in [1.29, 1.82) is 0 Å². The van der Waals surface area contributed by atoms with Crippen molar-refractivity contribution >= 4 is 17.8 Å². The van der Waals surface area contributed by atoms with Gasteiger partial charge >= 0.3 is 12.6 Å². The molecule has 2 N–H and O–H groups in total. The highest BCUT2D eigenvalue weighted by molar-refractivity contribution is 6.02. The van der Waals surface area contributed by atoms with E-state index in [0.717, 1.165) is 12.8 Å². The maximum Gasteiger partial charge on any atom is 0.387 e. The normalized spacial score (nSPS) is 16.4. The minimum Gasteiger partial charge on any atom is -0.434 e. The zero-order chi connectivity index (χ0) is 21.4. The molecule has 1 atom stereocenters. The standard InChI is InChI=1S/C21H22F2N4O3/c1-11(12-3-4-12)27-10-15-7-14(8-16(30-20(22)23)18(15)19(27)28)13-5-6-17(25-9-13)26-21(29)24-2/h5-9,11-12,20H,3-4,10H2,1-2H3,(H2,24,25,26,29)/t11-/m0/s1. The number of anilines is 1. The van der Waals surface area contributed by atoms with Crippen molar-refractivity contribution in [3.05, 3.63) is 41.6 Å². The third-order valence-corrected chi connectivity index (χ3v) is 5.58. The number of rotatable bonds is 6. The van der Waals surface area contributed by atoms with Gasteiger partial charge in [-0.15, -0.1) is 0 Å². The van der Waals surface area contributed by atoms with Gasteiger partial charge in [-0.05, 0) is 61.1 Å². The average Bonchev–Trinajstić information content (AvgIpc) is 3.51. The maximum atomic E-state index is 13.0. The highest BCUT2D eigenvalue weighted by atomic mass is 19.3. The van der Waals surface area contributed by atoms with Gasteiger partial charge in [-0.1, -0.05) is 0 Å². The number of nitrogens with zero attached hydrogens (tertiary/aromatic N) is 2. The summed E-state index contributed by atoms with van der Waals surface area (Å²) in [7, 11) is 1.49. The van der Waals surface area contributed by atoms with E-state index >= 15 is 0 Å². The van der Waals surface area contributed by atoms with Crippen molar-refractivity contribution in [2.75, 3.05) is 12.4 Å². The predicted molar refractivity (Wildman–Crippen MR) is 106 cm³/mol. The molecule has 158 valence electrons. The fourth-order valence-corrected chi connectivity index (χ4v) is 3.77. The molecule has 4 rings (SSSR count). The second kappa shape index (κ2) is 7.89. The molecule has 1 fully saturated rings. The first-order chi connectivity index (χ1) is 14.4. The summed E-state index contributed by atoms with van der Waals surface area (Å²) in [5, 5.41) is 4.98. The minimum atomic E-state index is -3.04. The second-order valence-corrected chi connectivity index (χ2v) is 7.53. The van der Waals surface area contributed by atoms with E-state index < -0.39 is 12.6 Å². The van der Waals surface area contributed by atoms with Gasteiger partial charge in [0.2, 0.25) is 0 Å². The molecule has 7 nitrogen and oxygen atoms in total. The Morgan fingerprint density at radius 1 is 1.27 bits per heavy atom. The number of carbonyl (C=O) groups is 2. The van der Waals surface area contributed by atoms with Crippen LogP contribution in [0.4, 0.5) is 19.4 Å². The molecule has 30 heavy (non-hydrogen) atoms. The molecule has 1 aliphatic carbocycles. The molecule has 0 bridgehead atoms. The van der Waals surface area contributed by atoms with Crippen LogP contribution < -0.4 is 15.4 Å². The average molecular weight is 416 g/mol. The maximum absolute atomic E-state index is 13.0. The van der Waals surface area contributed by atoms with Gasteiger partial charge in [0.05, 0.1) is 5.56 Å². The van der Waals surface area contributed by atoms with Gasteiger partial charge in [0.25, 0.3) is 5.91 Å². The molecule has 3 amide bonds. The van der Waals surface area contributed by atoms with Crippen LogP contribution in [0.3, 0.4) is 0 Å². The first-order valence-corrected chi connectivity index (χ1v) is 9.75. The Morgan fingerprint density at radius 2 is 2.03 bits per heavy atom. The van der Waals surface area contributed by atoms with Gasteiger partial charge in [-0.2, -0.15) is 8.78 Å². The summed E-state index contributed by atoms with van der Waals surface area (Å²) in [4.78, 5) is 30.2. The van der Waals surface area contributed by atoms with Crippen LogP contribution in [0.25, 0.3) is 11.1 Å². The Bertz CT molecular complexity index is 977. The molecule has 1 aliphatic heterocycles. The van der Waals surface area contributed by atoms with E-state index in [-0.39, 0.29) is 23.3 Å². The lowest BCUT2D eigenvalue weighted by Crippen LogP contribution is -2.34. The first-order valence-electron chi connectivity index (χ1n) is 9.75. The van der Waals surface area contributed by atoms with Gasteiger partial charge < -0.3 is 15.0 Å². The van der Waals surface area contributed by atoms with E-state index in [2.05, 4.69) is 15.6 Å². The molecular weight excluding hydrogens is 394 g/mol. The second-order valence-electron chi connectivity index (χ2n) is 7.53. The first kappa shape index (κ1) is 20.1. The Kier molecular flexibility index (Phi) is 5.27. The number of halogens is 2. The van der Waals surface area contributed by atoms with Crippen molar-refractivity contribution in [1.82, 2.24) is 15.2 Å². The van der Waals surface area contributed by atoms with Crippen LogP contribution in [0.1, 0.15) is 35.7 Å². The number of urea groups is 1. The summed E-state index contributed by atoms with van der Waals surface area (Å²) in [5.74, 6) is 0.421. The lowest BCUT2D eigenvalue weighted by Gasteiger charge is -2.24. The number of carbonyl (C=O) groups excluding carboxylic acids is 2. The van der Waals surface area contributed by atoms with Crippen LogP contribution in [-0.2, 0) is 6.54 Å². The van der Waals surface area contributed by atoms with Crippen molar-refractivity contribution in [2.45, 2.75) is 39.0 Å². The molecule has 0 unspecified atom stereocenters. The third kappa shape index (κ3) is 3.92. The summed E-state index contributed by atoms with van der Waals surface area (Å²) >= 11 is 0. The molecule has 1 aromatic carbocycles. The Labute approximate surface area is 172 Å². The van der Waals surface area contributed by atoms with Crippen LogP contribution in [0.5, 0.6) is 5.75 Å². The number of hydrogen-bond acceptors (Lipinski definition) is 4. The topological polar surface area (TPSA) is 83.6 Å². The molecule has 2 aromatic rings. The minimum absolute atomic E-state index is 0.0597. The van der Waals surface area contributed by atoms with Gasteiger partial charge in [0.1, 0.15) is 11.6 Å². The molecule has 0 spiro atoms. The van der Waals surface area contributed by atoms with Crippen LogP contribution in [0, 0.1) is 5.92 Å². The van der Waals surface area contributed by atoms with Gasteiger partial charge in [-0.3, -0.25) is 10.1 Å². The largest absolute Gasteiger partial charge is 0.434 e. The van der Waals surface area contributed by atoms with Gasteiger partial charge in [-0.25, -0.2) is 9.78 Å². The quantitative estimate of drug-likeness (QED) is 0.749. The SMILES string of the molecule is CNC(=O)Nc1ccc(-c2cc3c(c(OC(F)F)c2)C(=O)N([C@@H](C)C2CC2)C3)cn1. The van der Waals surface area contributed by atoms with Crippen molar-refractivity contribution < 1.29 is 23.1 Å². The fraction of sp³-hybridized carbons (Fsp3) is 0.381. The lowest BCUT2D eigenvalue weighted by molar-refractivity contribution is -0.0501. The number of aromatic nitrogens is 1. The zero-order valence-corrected chi connectivity index (χ0v) is 16.6. The molecule has 0 saturated heterocycles. The number of nitrogens with one attached hydrogen (secondary N) is 2. The van der Waals surface area contributed by atoms with Gasteiger partial charge in [0, 0.05) is 31.4 Å². The Balaban J connectivity index is 1.67. The van der Waals surface area contributed by atoms with Crippen LogP contribution in [0.2, 0.25) is 0 Å². The number of ether oxygens (including phenoxy) is 1. The van der Waals surface area contributed by atoms with Crippen LogP contribution >= 0.6 is 0 Å². The van der Waals surface area contributed by atoms with Gasteiger partial charge in [0.15, 0.2) is 0 Å². The monoisotopic (exact) mass is 416 g/mol. The molecular formula is C21H22F2N4O3. The lowest BCUT2D eigenvalue weighted by atomic mass is 10.0. The van der Waals surface area contributed by atoms with Crippen molar-refractivity contribution in [3.63, 3.8) is 0 Å². The van der Waals surface area contributed by atoms with E-state index in [1.165, 1.54) is 19.3 Å². The molecule has 1 saturated carbocycles. The number of hydrogen-bond donors (Lipinski definition) is 2. The highest BCUT2D eigenvalue weighted by Crippen LogP contribution is 2.42. The van der Waals surface area contributed by atoms with Crippen LogP contribution in [-0.4, -0.2) is 41.5 Å². The fourth-order valence-electron chi connectivity index (χ4n) is 3.77. The van der Waals surface area contributed by atoms with Crippen molar-refractivity contribution in [2.24, 2.45) is 5.92 Å². The number of pyridine rings is 1.